The number of thiophene rings is 1. The van der Waals surface area contributed by atoms with E-state index < -0.39 is 32.6 Å². The molecule has 0 spiro atoms. The van der Waals surface area contributed by atoms with Gasteiger partial charge in [-0.1, -0.05) is 0 Å². The molecule has 1 saturated heterocycles. The first-order chi connectivity index (χ1) is 14.1. The normalized spacial score (nSPS) is 15.8. The molecule has 0 aliphatic carbocycles. The molecule has 0 bridgehead atoms. The Kier molecular flexibility index (Phi) is 6.71. The lowest BCUT2D eigenvalue weighted by Crippen LogP contribution is -2.40. The van der Waals surface area contributed by atoms with Crippen LogP contribution in [0.2, 0.25) is 0 Å². The fourth-order valence-corrected chi connectivity index (χ4v) is 6.32. The van der Waals surface area contributed by atoms with E-state index in [2.05, 4.69) is 4.74 Å². The van der Waals surface area contributed by atoms with Gasteiger partial charge >= 0.3 is 6.61 Å². The molecule has 1 N–H and O–H groups in total. The predicted octanol–water partition coefficient (Wildman–Crippen LogP) is 1.49. The molecule has 2 heterocycles. The van der Waals surface area contributed by atoms with E-state index in [0.717, 1.165) is 24.3 Å². The molecule has 30 heavy (non-hydrogen) atoms. The van der Waals surface area contributed by atoms with E-state index >= 15 is 0 Å². The van der Waals surface area contributed by atoms with E-state index in [1.807, 2.05) is 4.72 Å². The Labute approximate surface area is 175 Å². The topological polar surface area (TPSA) is 119 Å². The zero-order valence-corrected chi connectivity index (χ0v) is 17.6. The van der Waals surface area contributed by atoms with Gasteiger partial charge in [0.05, 0.1) is 23.0 Å². The third kappa shape index (κ3) is 5.13. The number of morpholine rings is 1. The van der Waals surface area contributed by atoms with Gasteiger partial charge in [0.25, 0.3) is 26.0 Å². The third-order valence-electron chi connectivity index (χ3n) is 3.96. The zero-order chi connectivity index (χ0) is 21.9. The standard InChI is InChI=1S/C16H16F2N2O7S3/c17-16(18)27-11-1-3-12(4-2-11)29(22,23)19-15(21)13-5-6-14(28-13)30(24,25)20-7-9-26-10-8-20/h1-6,16H,7-10H2,(H,19,21). The molecule has 14 heteroatoms. The van der Waals surface area contributed by atoms with Crippen LogP contribution in [0.3, 0.4) is 0 Å². The number of sulfonamides is 2. The van der Waals surface area contributed by atoms with Crippen LogP contribution in [0.4, 0.5) is 8.78 Å². The molecule has 0 atom stereocenters. The highest BCUT2D eigenvalue weighted by atomic mass is 32.2. The van der Waals surface area contributed by atoms with Crippen molar-refractivity contribution >= 4 is 37.3 Å². The van der Waals surface area contributed by atoms with Crippen LogP contribution in [-0.2, 0) is 24.8 Å². The number of nitrogens with one attached hydrogen (secondary N) is 1. The van der Waals surface area contributed by atoms with Gasteiger partial charge in [0.1, 0.15) is 9.96 Å². The molecule has 164 valence electrons. The molecule has 1 fully saturated rings. The summed E-state index contributed by atoms with van der Waals surface area (Å²) in [6.07, 6.45) is 0. The molecule has 9 nitrogen and oxygen atoms in total. The molecule has 2 aromatic rings. The zero-order valence-electron chi connectivity index (χ0n) is 15.2. The van der Waals surface area contributed by atoms with Crippen molar-refractivity contribution in [2.45, 2.75) is 15.7 Å². The number of alkyl halides is 2. The number of ether oxygens (including phenoxy) is 2. The maximum absolute atomic E-state index is 12.6. The van der Waals surface area contributed by atoms with Crippen LogP contribution in [0.15, 0.2) is 45.5 Å². The van der Waals surface area contributed by atoms with Crippen molar-refractivity contribution in [3.05, 3.63) is 41.3 Å². The lowest BCUT2D eigenvalue weighted by molar-refractivity contribution is -0.0498. The smallest absolute Gasteiger partial charge is 0.387 e. The van der Waals surface area contributed by atoms with Crippen LogP contribution in [-0.4, -0.2) is 60.0 Å². The number of benzene rings is 1. The molecule has 0 saturated carbocycles. The summed E-state index contributed by atoms with van der Waals surface area (Å²) in [5.41, 5.74) is 0. The Balaban J connectivity index is 1.73. The van der Waals surface area contributed by atoms with E-state index in [9.17, 15) is 30.4 Å². The van der Waals surface area contributed by atoms with Crippen molar-refractivity contribution in [3.63, 3.8) is 0 Å². The van der Waals surface area contributed by atoms with Gasteiger partial charge < -0.3 is 9.47 Å². The monoisotopic (exact) mass is 482 g/mol. The third-order valence-corrected chi connectivity index (χ3v) is 8.75. The molecular weight excluding hydrogens is 466 g/mol. The maximum atomic E-state index is 12.6. The Hall–Kier alpha value is -2.13. The second kappa shape index (κ2) is 8.93. The first-order valence-electron chi connectivity index (χ1n) is 8.39. The van der Waals surface area contributed by atoms with Gasteiger partial charge in [-0.25, -0.2) is 21.6 Å². The minimum atomic E-state index is -4.31. The van der Waals surface area contributed by atoms with Crippen LogP contribution in [0.1, 0.15) is 9.67 Å². The van der Waals surface area contributed by atoms with Gasteiger partial charge in [0, 0.05) is 13.1 Å². The second-order valence-electron chi connectivity index (χ2n) is 5.92. The average Bonchev–Trinajstić information content (AvgIpc) is 3.20. The SMILES string of the molecule is O=C(NS(=O)(=O)c1ccc(OC(F)F)cc1)c1ccc(S(=O)(=O)N2CCOCC2)s1. The van der Waals surface area contributed by atoms with Gasteiger partial charge in [-0.2, -0.15) is 13.1 Å². The highest BCUT2D eigenvalue weighted by Crippen LogP contribution is 2.26. The molecule has 0 unspecified atom stereocenters. The maximum Gasteiger partial charge on any atom is 0.387 e. The quantitative estimate of drug-likeness (QED) is 0.635. The summed E-state index contributed by atoms with van der Waals surface area (Å²) >= 11 is 0.636. The fourth-order valence-electron chi connectivity index (χ4n) is 2.53. The Morgan fingerprint density at radius 2 is 1.70 bits per heavy atom. The van der Waals surface area contributed by atoms with E-state index in [4.69, 9.17) is 4.74 Å². The van der Waals surface area contributed by atoms with Crippen LogP contribution >= 0.6 is 11.3 Å². The summed E-state index contributed by atoms with van der Waals surface area (Å²) in [6.45, 7) is -2.17. The van der Waals surface area contributed by atoms with Crippen molar-refractivity contribution in [1.82, 2.24) is 9.03 Å². The van der Waals surface area contributed by atoms with Crippen LogP contribution < -0.4 is 9.46 Å². The highest BCUT2D eigenvalue weighted by Gasteiger charge is 2.29. The minimum absolute atomic E-state index is 0.0968. The lowest BCUT2D eigenvalue weighted by atomic mass is 10.3. The Morgan fingerprint density at radius 3 is 2.30 bits per heavy atom. The van der Waals surface area contributed by atoms with Crippen LogP contribution in [0.5, 0.6) is 5.75 Å². The van der Waals surface area contributed by atoms with E-state index in [0.29, 0.717) is 11.3 Å². The first kappa shape index (κ1) is 22.6. The molecule has 1 aliphatic rings. The van der Waals surface area contributed by atoms with Crippen molar-refractivity contribution in [2.24, 2.45) is 0 Å². The van der Waals surface area contributed by atoms with Crippen molar-refractivity contribution < 1.29 is 39.9 Å². The molecular formula is C16H16F2N2O7S3. The molecule has 1 aromatic heterocycles. The minimum Gasteiger partial charge on any atom is -0.435 e. The molecule has 0 radical (unpaired) electrons. The average molecular weight is 483 g/mol. The number of rotatable bonds is 7. The fraction of sp³-hybridized carbons (Fsp3) is 0.312. The van der Waals surface area contributed by atoms with Crippen molar-refractivity contribution in [1.29, 1.82) is 0 Å². The number of carbonyl (C=O) groups excluding carboxylic acids is 1. The predicted molar refractivity (Wildman–Crippen MR) is 102 cm³/mol. The molecule has 1 amide bonds. The molecule has 1 aromatic carbocycles. The van der Waals surface area contributed by atoms with Crippen LogP contribution in [0.25, 0.3) is 0 Å². The second-order valence-corrected chi connectivity index (χ2v) is 10.9. The largest absolute Gasteiger partial charge is 0.435 e. The van der Waals surface area contributed by atoms with E-state index in [1.54, 1.807) is 0 Å². The van der Waals surface area contributed by atoms with Crippen molar-refractivity contribution in [2.75, 3.05) is 26.3 Å². The first-order valence-corrected chi connectivity index (χ1v) is 12.1. The Morgan fingerprint density at radius 1 is 1.07 bits per heavy atom. The molecule has 1 aliphatic heterocycles. The van der Waals surface area contributed by atoms with Gasteiger partial charge in [-0.05, 0) is 36.4 Å². The summed E-state index contributed by atoms with van der Waals surface area (Å²) in [4.78, 5) is 11.9. The number of amides is 1. The van der Waals surface area contributed by atoms with E-state index in [1.165, 1.54) is 16.4 Å². The van der Waals surface area contributed by atoms with Gasteiger partial charge in [-0.3, -0.25) is 4.79 Å². The lowest BCUT2D eigenvalue weighted by Gasteiger charge is -2.25. The van der Waals surface area contributed by atoms with Gasteiger partial charge in [0.15, 0.2) is 0 Å². The summed E-state index contributed by atoms with van der Waals surface area (Å²) < 4.78 is 86.4. The number of halogens is 2. The van der Waals surface area contributed by atoms with Crippen LogP contribution in [0, 0.1) is 0 Å². The van der Waals surface area contributed by atoms with Gasteiger partial charge in [0.2, 0.25) is 0 Å². The number of hydrogen-bond donors (Lipinski definition) is 1. The highest BCUT2D eigenvalue weighted by molar-refractivity contribution is 7.91. The number of hydrogen-bond acceptors (Lipinski definition) is 8. The summed E-state index contributed by atoms with van der Waals surface area (Å²) in [6, 6.07) is 6.47. The van der Waals surface area contributed by atoms with Gasteiger partial charge in [-0.15, -0.1) is 11.3 Å². The summed E-state index contributed by atoms with van der Waals surface area (Å²) in [5, 5.41) is 0. The Bertz CT molecular complexity index is 1110. The number of nitrogens with zero attached hydrogens (tertiary/aromatic N) is 1. The molecule has 3 rings (SSSR count). The van der Waals surface area contributed by atoms with Crippen molar-refractivity contribution in [3.8, 4) is 5.75 Å². The number of carbonyl (C=O) groups is 1. The summed E-state index contributed by atoms with van der Waals surface area (Å²) in [5.74, 6) is -1.26. The summed E-state index contributed by atoms with van der Waals surface area (Å²) in [7, 11) is -8.13. The van der Waals surface area contributed by atoms with E-state index in [-0.39, 0.29) is 46.0 Å².